The molecular formula is C10H12N2O4S. The van der Waals surface area contributed by atoms with Crippen molar-refractivity contribution in [1.29, 1.82) is 5.26 Å². The van der Waals surface area contributed by atoms with E-state index >= 15 is 0 Å². The number of hydrogen-bond donors (Lipinski definition) is 1. The van der Waals surface area contributed by atoms with Crippen molar-refractivity contribution in [2.45, 2.75) is 4.90 Å². The molecule has 0 aromatic heterocycles. The summed E-state index contributed by atoms with van der Waals surface area (Å²) in [5.74, 6) is 0.649. The molecule has 7 heteroatoms. The van der Waals surface area contributed by atoms with E-state index in [4.69, 9.17) is 14.7 Å². The minimum atomic E-state index is -3.74. The topological polar surface area (TPSA) is 88.4 Å². The summed E-state index contributed by atoms with van der Waals surface area (Å²) in [6.07, 6.45) is 0. The highest BCUT2D eigenvalue weighted by atomic mass is 32.2. The molecule has 0 saturated heterocycles. The zero-order chi connectivity index (χ0) is 12.9. The van der Waals surface area contributed by atoms with Crippen molar-refractivity contribution in [1.82, 2.24) is 4.72 Å². The first-order chi connectivity index (χ1) is 8.05. The van der Waals surface area contributed by atoms with Gasteiger partial charge in [-0.2, -0.15) is 9.98 Å². The average molecular weight is 256 g/mol. The molecule has 1 aromatic carbocycles. The number of hydrogen-bond acceptors (Lipinski definition) is 5. The Morgan fingerprint density at radius 1 is 1.35 bits per heavy atom. The van der Waals surface area contributed by atoms with Gasteiger partial charge in [-0.15, -0.1) is 0 Å². The number of nitriles is 1. The largest absolute Gasteiger partial charge is 0.497 e. The highest BCUT2D eigenvalue weighted by molar-refractivity contribution is 7.89. The lowest BCUT2D eigenvalue weighted by Gasteiger charge is -2.10. The molecule has 0 fully saturated rings. The molecule has 0 aliphatic carbocycles. The number of ether oxygens (including phenoxy) is 2. The quantitative estimate of drug-likeness (QED) is 0.775. The van der Waals surface area contributed by atoms with Crippen molar-refractivity contribution in [3.8, 4) is 17.6 Å². The van der Waals surface area contributed by atoms with Gasteiger partial charge in [-0.3, -0.25) is 0 Å². The van der Waals surface area contributed by atoms with Gasteiger partial charge in [0.05, 0.1) is 26.8 Å². The van der Waals surface area contributed by atoms with Crippen LogP contribution in [0.5, 0.6) is 11.5 Å². The van der Waals surface area contributed by atoms with Gasteiger partial charge < -0.3 is 9.47 Å². The second-order valence-corrected chi connectivity index (χ2v) is 4.73. The lowest BCUT2D eigenvalue weighted by atomic mass is 10.3. The number of nitrogens with zero attached hydrogens (tertiary/aromatic N) is 1. The van der Waals surface area contributed by atoms with Crippen LogP contribution in [0.25, 0.3) is 0 Å². The summed E-state index contributed by atoms with van der Waals surface area (Å²) in [5, 5.41) is 8.36. The van der Waals surface area contributed by atoms with Crippen LogP contribution < -0.4 is 14.2 Å². The molecule has 0 atom stereocenters. The molecule has 0 unspecified atom stereocenters. The van der Waals surface area contributed by atoms with E-state index in [-0.39, 0.29) is 17.2 Å². The van der Waals surface area contributed by atoms with E-state index in [1.165, 1.54) is 32.4 Å². The first-order valence-electron chi connectivity index (χ1n) is 4.64. The number of nitrogens with one attached hydrogen (secondary N) is 1. The molecule has 0 radical (unpaired) electrons. The number of benzene rings is 1. The van der Waals surface area contributed by atoms with E-state index < -0.39 is 10.0 Å². The molecule has 0 heterocycles. The molecule has 1 aromatic rings. The van der Waals surface area contributed by atoms with E-state index in [1.54, 1.807) is 6.07 Å². The summed E-state index contributed by atoms with van der Waals surface area (Å²) in [7, 11) is -0.915. The van der Waals surface area contributed by atoms with Crippen LogP contribution in [0.4, 0.5) is 0 Å². The van der Waals surface area contributed by atoms with Gasteiger partial charge in [0.25, 0.3) is 0 Å². The molecule has 0 amide bonds. The first-order valence-corrected chi connectivity index (χ1v) is 6.12. The zero-order valence-corrected chi connectivity index (χ0v) is 10.2. The lowest BCUT2D eigenvalue weighted by molar-refractivity contribution is 0.386. The highest BCUT2D eigenvalue weighted by Gasteiger charge is 2.19. The van der Waals surface area contributed by atoms with Crippen LogP contribution in [0.2, 0.25) is 0 Å². The molecule has 1 N–H and O–H groups in total. The van der Waals surface area contributed by atoms with Crippen LogP contribution in [-0.4, -0.2) is 29.2 Å². The summed E-state index contributed by atoms with van der Waals surface area (Å²) in [6, 6.07) is 6.02. The van der Waals surface area contributed by atoms with E-state index in [2.05, 4.69) is 4.72 Å². The smallest absolute Gasteiger partial charge is 0.245 e. The Morgan fingerprint density at radius 2 is 2.06 bits per heavy atom. The van der Waals surface area contributed by atoms with Crippen molar-refractivity contribution < 1.29 is 17.9 Å². The maximum atomic E-state index is 11.8. The van der Waals surface area contributed by atoms with E-state index in [9.17, 15) is 8.42 Å². The van der Waals surface area contributed by atoms with E-state index in [0.29, 0.717) is 5.75 Å². The Balaban J connectivity index is 3.18. The summed E-state index contributed by atoms with van der Waals surface area (Å²) in [6.45, 7) is -0.294. The summed E-state index contributed by atoms with van der Waals surface area (Å²) >= 11 is 0. The fraction of sp³-hybridized carbons (Fsp3) is 0.300. The maximum absolute atomic E-state index is 11.8. The van der Waals surface area contributed by atoms with Crippen LogP contribution in [0.15, 0.2) is 23.1 Å². The monoisotopic (exact) mass is 256 g/mol. The Labute approximate surface area is 99.8 Å². The second kappa shape index (κ2) is 5.52. The number of methoxy groups -OCH3 is 2. The first kappa shape index (κ1) is 13.3. The van der Waals surface area contributed by atoms with Gasteiger partial charge in [0.2, 0.25) is 10.0 Å². The lowest BCUT2D eigenvalue weighted by Crippen LogP contribution is -2.24. The maximum Gasteiger partial charge on any atom is 0.245 e. The van der Waals surface area contributed by atoms with Gasteiger partial charge in [-0.1, -0.05) is 0 Å². The Morgan fingerprint density at radius 3 is 2.59 bits per heavy atom. The van der Waals surface area contributed by atoms with Crippen molar-refractivity contribution in [3.05, 3.63) is 18.2 Å². The predicted molar refractivity (Wildman–Crippen MR) is 60.3 cm³/mol. The van der Waals surface area contributed by atoms with Gasteiger partial charge in [0, 0.05) is 6.07 Å². The molecule has 0 aliphatic rings. The molecule has 17 heavy (non-hydrogen) atoms. The number of rotatable bonds is 5. The Hall–Kier alpha value is -1.78. The van der Waals surface area contributed by atoms with Gasteiger partial charge in [-0.05, 0) is 12.1 Å². The summed E-state index contributed by atoms with van der Waals surface area (Å²) in [4.78, 5) is -0.0314. The standard InChI is InChI=1S/C10H12N2O4S/c1-15-8-3-4-10(9(7-8)16-2)17(13,14)12-6-5-11/h3-4,7,12H,6H2,1-2H3. The molecule has 0 spiro atoms. The third kappa shape index (κ3) is 3.09. The fourth-order valence-electron chi connectivity index (χ4n) is 1.20. The second-order valence-electron chi connectivity index (χ2n) is 3.00. The van der Waals surface area contributed by atoms with Crippen LogP contribution >= 0.6 is 0 Å². The molecule has 92 valence electrons. The van der Waals surface area contributed by atoms with Crippen molar-refractivity contribution in [3.63, 3.8) is 0 Å². The minimum absolute atomic E-state index is 0.0314. The van der Waals surface area contributed by atoms with Crippen LogP contribution in [0.1, 0.15) is 0 Å². The van der Waals surface area contributed by atoms with Crippen molar-refractivity contribution in [2.75, 3.05) is 20.8 Å². The average Bonchev–Trinajstić information content (AvgIpc) is 2.35. The Bertz CT molecular complexity index is 534. The van der Waals surface area contributed by atoms with Crippen LogP contribution in [0.3, 0.4) is 0 Å². The van der Waals surface area contributed by atoms with Gasteiger partial charge in [0.1, 0.15) is 16.4 Å². The van der Waals surface area contributed by atoms with E-state index in [1.807, 2.05) is 0 Å². The van der Waals surface area contributed by atoms with E-state index in [0.717, 1.165) is 0 Å². The van der Waals surface area contributed by atoms with Crippen molar-refractivity contribution >= 4 is 10.0 Å². The third-order valence-electron chi connectivity index (χ3n) is 2.00. The summed E-state index contributed by atoms with van der Waals surface area (Å²) < 4.78 is 35.6. The van der Waals surface area contributed by atoms with Gasteiger partial charge in [-0.25, -0.2) is 8.42 Å². The molecule has 0 bridgehead atoms. The zero-order valence-electron chi connectivity index (χ0n) is 9.43. The Kier molecular flexibility index (Phi) is 4.31. The van der Waals surface area contributed by atoms with Crippen LogP contribution in [0, 0.1) is 11.3 Å². The molecular weight excluding hydrogens is 244 g/mol. The molecule has 0 saturated carbocycles. The van der Waals surface area contributed by atoms with Gasteiger partial charge >= 0.3 is 0 Å². The molecule has 1 rings (SSSR count). The molecule has 0 aliphatic heterocycles. The highest BCUT2D eigenvalue weighted by Crippen LogP contribution is 2.27. The molecule has 6 nitrogen and oxygen atoms in total. The number of sulfonamides is 1. The minimum Gasteiger partial charge on any atom is -0.497 e. The van der Waals surface area contributed by atoms with Crippen LogP contribution in [-0.2, 0) is 10.0 Å². The predicted octanol–water partition coefficient (Wildman–Crippen LogP) is 0.506. The SMILES string of the molecule is COc1ccc(S(=O)(=O)NCC#N)c(OC)c1. The van der Waals surface area contributed by atoms with Gasteiger partial charge in [0.15, 0.2) is 0 Å². The fourth-order valence-corrected chi connectivity index (χ4v) is 2.27. The summed E-state index contributed by atoms with van der Waals surface area (Å²) in [5.41, 5.74) is 0. The van der Waals surface area contributed by atoms with Crippen molar-refractivity contribution in [2.24, 2.45) is 0 Å². The normalized spacial score (nSPS) is 10.6. The third-order valence-corrected chi connectivity index (χ3v) is 3.44.